The summed E-state index contributed by atoms with van der Waals surface area (Å²) in [6, 6.07) is 8.45. The highest BCUT2D eigenvalue weighted by Crippen LogP contribution is 2.30. The average molecular weight is 505 g/mol. The summed E-state index contributed by atoms with van der Waals surface area (Å²) in [4.78, 5) is 31.9. The summed E-state index contributed by atoms with van der Waals surface area (Å²) in [6.45, 7) is 2.86. The Balaban J connectivity index is 1.19. The van der Waals surface area contributed by atoms with Crippen molar-refractivity contribution >= 4 is 17.8 Å². The predicted molar refractivity (Wildman–Crippen MR) is 133 cm³/mol. The number of fused-ring (bicyclic) bond motifs is 2. The van der Waals surface area contributed by atoms with Crippen LogP contribution in [0.15, 0.2) is 30.3 Å². The molecule has 2 amide bonds. The van der Waals surface area contributed by atoms with Gasteiger partial charge in [-0.2, -0.15) is 0 Å². The molecule has 4 heterocycles. The smallest absolute Gasteiger partial charge is 0.410 e. The number of carbonyl (C=O) groups is 2. The second kappa shape index (κ2) is 9.57. The second-order valence-corrected chi connectivity index (χ2v) is 10.1. The van der Waals surface area contributed by atoms with Crippen LogP contribution in [0.25, 0.3) is 11.5 Å². The number of anilines is 1. The van der Waals surface area contributed by atoms with Crippen LogP contribution >= 0.6 is 0 Å². The molecule has 1 aliphatic carbocycles. The van der Waals surface area contributed by atoms with E-state index in [0.29, 0.717) is 30.3 Å². The summed E-state index contributed by atoms with van der Waals surface area (Å²) in [7, 11) is 0. The van der Waals surface area contributed by atoms with Crippen LogP contribution in [0.3, 0.4) is 0 Å². The van der Waals surface area contributed by atoms with E-state index in [-0.39, 0.29) is 30.3 Å². The van der Waals surface area contributed by atoms with Crippen molar-refractivity contribution < 1.29 is 18.7 Å². The third-order valence-corrected chi connectivity index (χ3v) is 7.59. The largest absolute Gasteiger partial charge is 0.446 e. The summed E-state index contributed by atoms with van der Waals surface area (Å²) in [5.74, 6) is 0.676. The number of pyridine rings is 1. The summed E-state index contributed by atoms with van der Waals surface area (Å²) in [5, 5.41) is 11.3. The number of amides is 2. The number of rotatable bonds is 4. The van der Waals surface area contributed by atoms with E-state index in [1.54, 1.807) is 17.0 Å². The minimum absolute atomic E-state index is 0.0197. The fourth-order valence-corrected chi connectivity index (χ4v) is 5.54. The van der Waals surface area contributed by atoms with Crippen LogP contribution in [0.1, 0.15) is 72.4 Å². The van der Waals surface area contributed by atoms with E-state index in [4.69, 9.17) is 4.74 Å². The van der Waals surface area contributed by atoms with Gasteiger partial charge in [0.2, 0.25) is 0 Å². The topological polar surface area (TPSA) is 102 Å². The molecular formula is C27H29FN6O3. The van der Waals surface area contributed by atoms with Gasteiger partial charge in [-0.25, -0.2) is 14.2 Å². The number of nitrogens with one attached hydrogen (secondary N) is 1. The molecule has 1 aromatic carbocycles. The monoisotopic (exact) mass is 504 g/mol. The molecular weight excluding hydrogens is 475 g/mol. The van der Waals surface area contributed by atoms with Gasteiger partial charge in [-0.3, -0.25) is 4.79 Å². The van der Waals surface area contributed by atoms with Gasteiger partial charge in [0.25, 0.3) is 5.91 Å². The van der Waals surface area contributed by atoms with Gasteiger partial charge in [0.05, 0.1) is 5.56 Å². The number of ether oxygens (including phenoxy) is 1. The van der Waals surface area contributed by atoms with Crippen molar-refractivity contribution in [3.63, 3.8) is 0 Å². The molecule has 3 aliphatic rings. The molecule has 9 nitrogen and oxygen atoms in total. The van der Waals surface area contributed by atoms with Crippen molar-refractivity contribution in [1.29, 1.82) is 0 Å². The minimum atomic E-state index is -0.601. The van der Waals surface area contributed by atoms with Gasteiger partial charge in [-0.1, -0.05) is 6.07 Å². The van der Waals surface area contributed by atoms with Crippen LogP contribution in [0.5, 0.6) is 0 Å². The Labute approximate surface area is 214 Å². The van der Waals surface area contributed by atoms with Crippen molar-refractivity contribution in [3.8, 4) is 11.5 Å². The minimum Gasteiger partial charge on any atom is -0.446 e. The number of halogens is 1. The number of carbonyl (C=O) groups excluding carboxylic acids is 2. The fraction of sp³-hybridized carbons (Fsp3) is 0.444. The molecule has 1 atom stereocenters. The van der Waals surface area contributed by atoms with Gasteiger partial charge < -0.3 is 19.5 Å². The second-order valence-electron chi connectivity index (χ2n) is 10.1. The van der Waals surface area contributed by atoms with E-state index >= 15 is 0 Å². The maximum atomic E-state index is 14.9. The Morgan fingerprint density at radius 3 is 2.76 bits per heavy atom. The van der Waals surface area contributed by atoms with E-state index in [9.17, 15) is 14.0 Å². The van der Waals surface area contributed by atoms with E-state index < -0.39 is 11.7 Å². The maximum Gasteiger partial charge on any atom is 0.410 e. The molecule has 0 bridgehead atoms. The van der Waals surface area contributed by atoms with Crippen LogP contribution in [-0.4, -0.2) is 49.3 Å². The number of nitrogens with zero attached hydrogens (tertiary/aromatic N) is 5. The molecule has 0 spiro atoms. The zero-order valence-corrected chi connectivity index (χ0v) is 20.7. The Morgan fingerprint density at radius 1 is 1.08 bits per heavy atom. The number of hydrogen-bond acceptors (Lipinski definition) is 6. The standard InChI is InChI=1S/C27H29FN6O3/c1-16-9-10-24-31-32-25(34(16)24)22-7-4-8-23(29-22)30-26(35)20-13-18-15-33(12-11-17(18)14-21(20)28)27(36)37-19-5-2-3-6-19/h4,7-8,13-14,16,19H,2-3,5-6,9-12,15H2,1H3,(H,29,30,35)/t16-/m0/s1. The van der Waals surface area contributed by atoms with Crippen LogP contribution in [-0.2, 0) is 24.1 Å². The maximum absolute atomic E-state index is 14.9. The fourth-order valence-electron chi connectivity index (χ4n) is 5.54. The lowest BCUT2D eigenvalue weighted by atomic mass is 9.96. The number of aromatic nitrogens is 4. The zero-order valence-electron chi connectivity index (χ0n) is 20.7. The lowest BCUT2D eigenvalue weighted by Gasteiger charge is -2.29. The molecule has 192 valence electrons. The molecule has 3 aromatic rings. The molecule has 0 radical (unpaired) electrons. The van der Waals surface area contributed by atoms with Crippen LogP contribution in [0, 0.1) is 5.82 Å². The van der Waals surface area contributed by atoms with E-state index in [1.807, 2.05) is 6.07 Å². The third kappa shape index (κ3) is 4.56. The predicted octanol–water partition coefficient (Wildman–Crippen LogP) is 4.68. The van der Waals surface area contributed by atoms with Gasteiger partial charge >= 0.3 is 6.09 Å². The van der Waals surface area contributed by atoms with E-state index in [0.717, 1.165) is 55.5 Å². The van der Waals surface area contributed by atoms with Crippen molar-refractivity contribution in [2.75, 3.05) is 11.9 Å². The lowest BCUT2D eigenvalue weighted by molar-refractivity contribution is 0.0618. The SMILES string of the molecule is C[C@H]1CCc2nnc(-c3cccc(NC(=O)c4cc5c(cc4F)CCN(C(=O)OC4CCCC4)C5)n3)n21. The van der Waals surface area contributed by atoms with E-state index in [2.05, 4.69) is 32.0 Å². The quantitative estimate of drug-likeness (QED) is 0.554. The molecule has 1 N–H and O–H groups in total. The molecule has 2 aliphatic heterocycles. The van der Waals surface area contributed by atoms with Gasteiger partial charge in [-0.05, 0) is 80.8 Å². The Morgan fingerprint density at radius 2 is 1.92 bits per heavy atom. The summed E-state index contributed by atoms with van der Waals surface area (Å²) in [6.07, 6.45) is 5.99. The normalized spacial score (nSPS) is 19.0. The molecule has 0 unspecified atom stereocenters. The summed E-state index contributed by atoms with van der Waals surface area (Å²) in [5.41, 5.74) is 2.05. The summed E-state index contributed by atoms with van der Waals surface area (Å²) < 4.78 is 22.7. The number of benzene rings is 1. The molecule has 2 aromatic heterocycles. The highest BCUT2D eigenvalue weighted by Gasteiger charge is 2.28. The van der Waals surface area contributed by atoms with Crippen LogP contribution in [0.4, 0.5) is 15.0 Å². The molecule has 1 fully saturated rings. The third-order valence-electron chi connectivity index (χ3n) is 7.59. The van der Waals surface area contributed by atoms with Gasteiger partial charge in [-0.15, -0.1) is 10.2 Å². The number of hydrogen-bond donors (Lipinski definition) is 1. The lowest BCUT2D eigenvalue weighted by Crippen LogP contribution is -2.38. The highest BCUT2D eigenvalue weighted by molar-refractivity contribution is 6.04. The van der Waals surface area contributed by atoms with Crippen LogP contribution in [0.2, 0.25) is 0 Å². The first-order valence-electron chi connectivity index (χ1n) is 13.0. The molecule has 37 heavy (non-hydrogen) atoms. The molecule has 1 saturated carbocycles. The Hall–Kier alpha value is -3.82. The molecule has 6 rings (SSSR count). The Kier molecular flexibility index (Phi) is 6.10. The van der Waals surface area contributed by atoms with Crippen molar-refractivity contribution in [2.45, 2.75) is 70.6 Å². The van der Waals surface area contributed by atoms with E-state index in [1.165, 1.54) is 12.1 Å². The van der Waals surface area contributed by atoms with Crippen molar-refractivity contribution in [3.05, 3.63) is 58.7 Å². The first kappa shape index (κ1) is 23.6. The van der Waals surface area contributed by atoms with Gasteiger partial charge in [0.15, 0.2) is 5.82 Å². The van der Waals surface area contributed by atoms with Crippen molar-refractivity contribution in [2.24, 2.45) is 0 Å². The summed E-state index contributed by atoms with van der Waals surface area (Å²) >= 11 is 0. The first-order chi connectivity index (χ1) is 18.0. The Bertz CT molecular complexity index is 1370. The molecule has 0 saturated heterocycles. The van der Waals surface area contributed by atoms with Gasteiger partial charge in [0.1, 0.15) is 29.3 Å². The average Bonchev–Trinajstić information content (AvgIpc) is 3.63. The first-order valence-corrected chi connectivity index (χ1v) is 13.0. The molecule has 10 heteroatoms. The number of aryl methyl sites for hydroxylation is 1. The van der Waals surface area contributed by atoms with Crippen molar-refractivity contribution in [1.82, 2.24) is 24.6 Å². The van der Waals surface area contributed by atoms with Gasteiger partial charge in [0, 0.05) is 25.6 Å². The highest BCUT2D eigenvalue weighted by atomic mass is 19.1. The van der Waals surface area contributed by atoms with Crippen LogP contribution < -0.4 is 5.32 Å². The zero-order chi connectivity index (χ0) is 25.5.